The van der Waals surface area contributed by atoms with Crippen molar-refractivity contribution in [3.05, 3.63) is 12.3 Å². The van der Waals surface area contributed by atoms with Crippen molar-refractivity contribution < 1.29 is 14.3 Å². The molecule has 2 atom stereocenters. The number of hydrogen-bond acceptors (Lipinski definition) is 4. The predicted octanol–water partition coefficient (Wildman–Crippen LogP) is 1.43. The zero-order valence-electron chi connectivity index (χ0n) is 13.4. The highest BCUT2D eigenvalue weighted by Crippen LogP contribution is 2.22. The molecule has 122 valence electrons. The normalized spacial score (nSPS) is 19.2. The van der Waals surface area contributed by atoms with Gasteiger partial charge in [-0.3, -0.25) is 14.3 Å². The Hall–Kier alpha value is -1.89. The van der Waals surface area contributed by atoms with Crippen LogP contribution in [0.15, 0.2) is 12.3 Å². The fourth-order valence-corrected chi connectivity index (χ4v) is 2.40. The van der Waals surface area contributed by atoms with Gasteiger partial charge in [-0.05, 0) is 19.8 Å². The molecule has 2 heterocycles. The average Bonchev–Trinajstić information content (AvgIpc) is 3.12. The van der Waals surface area contributed by atoms with Crippen molar-refractivity contribution in [2.45, 2.75) is 45.8 Å². The third-order valence-corrected chi connectivity index (χ3v) is 3.87. The minimum atomic E-state index is -0.143. The molecule has 7 heteroatoms. The number of amides is 2. The molecule has 0 saturated carbocycles. The van der Waals surface area contributed by atoms with E-state index in [2.05, 4.69) is 10.4 Å². The number of nitrogens with one attached hydrogen (secondary N) is 1. The molecule has 7 nitrogen and oxygen atoms in total. The van der Waals surface area contributed by atoms with Crippen LogP contribution in [0.1, 0.15) is 39.7 Å². The summed E-state index contributed by atoms with van der Waals surface area (Å²) in [7, 11) is 0. The van der Waals surface area contributed by atoms with Gasteiger partial charge in [-0.15, -0.1) is 0 Å². The summed E-state index contributed by atoms with van der Waals surface area (Å²) in [5, 5.41) is 6.98. The van der Waals surface area contributed by atoms with Crippen molar-refractivity contribution in [3.63, 3.8) is 0 Å². The molecule has 22 heavy (non-hydrogen) atoms. The van der Waals surface area contributed by atoms with Gasteiger partial charge in [0, 0.05) is 32.3 Å². The molecule has 0 spiro atoms. The van der Waals surface area contributed by atoms with Gasteiger partial charge in [-0.25, -0.2) is 0 Å². The van der Waals surface area contributed by atoms with Gasteiger partial charge in [0.1, 0.15) is 6.61 Å². The van der Waals surface area contributed by atoms with Gasteiger partial charge in [0.15, 0.2) is 5.82 Å². The third kappa shape index (κ3) is 4.30. The summed E-state index contributed by atoms with van der Waals surface area (Å²) in [6, 6.07) is 1.91. The van der Waals surface area contributed by atoms with Gasteiger partial charge in [0.05, 0.1) is 12.1 Å². The number of hydrogen-bond donors (Lipinski definition) is 1. The van der Waals surface area contributed by atoms with E-state index in [4.69, 9.17) is 4.74 Å². The van der Waals surface area contributed by atoms with Gasteiger partial charge >= 0.3 is 0 Å². The first-order valence-corrected chi connectivity index (χ1v) is 7.71. The summed E-state index contributed by atoms with van der Waals surface area (Å²) >= 11 is 0. The van der Waals surface area contributed by atoms with Crippen LogP contribution >= 0.6 is 0 Å². The first kappa shape index (κ1) is 16.5. The molecule has 1 saturated heterocycles. The zero-order chi connectivity index (χ0) is 16.1. The predicted molar refractivity (Wildman–Crippen MR) is 82.5 cm³/mol. The van der Waals surface area contributed by atoms with Crippen LogP contribution in [0.3, 0.4) is 0 Å². The lowest BCUT2D eigenvalue weighted by Crippen LogP contribution is -2.33. The fourth-order valence-electron chi connectivity index (χ4n) is 2.40. The lowest BCUT2D eigenvalue weighted by Gasteiger charge is -2.18. The number of rotatable bonds is 6. The van der Waals surface area contributed by atoms with Crippen LogP contribution in [0.25, 0.3) is 0 Å². The number of carbonyl (C=O) groups excluding carboxylic acids is 2. The second kappa shape index (κ2) is 7.40. The van der Waals surface area contributed by atoms with Crippen LogP contribution in [0.2, 0.25) is 0 Å². The van der Waals surface area contributed by atoms with Gasteiger partial charge < -0.3 is 15.0 Å². The number of aromatic nitrogens is 2. The van der Waals surface area contributed by atoms with Gasteiger partial charge in [0.25, 0.3) is 0 Å². The number of likely N-dealkylation sites (tertiary alicyclic amines) is 1. The topological polar surface area (TPSA) is 76.5 Å². The maximum atomic E-state index is 12.1. The molecular formula is C15H24N4O3. The van der Waals surface area contributed by atoms with Gasteiger partial charge in [-0.1, -0.05) is 6.92 Å². The smallest absolute Gasteiger partial charge is 0.248 e. The van der Waals surface area contributed by atoms with E-state index in [1.807, 2.05) is 29.6 Å². The Bertz CT molecular complexity index is 529. The van der Waals surface area contributed by atoms with Crippen molar-refractivity contribution in [1.82, 2.24) is 14.7 Å². The van der Waals surface area contributed by atoms with E-state index in [1.54, 1.807) is 6.07 Å². The molecule has 1 fully saturated rings. The minimum Gasteiger partial charge on any atom is -0.369 e. The van der Waals surface area contributed by atoms with Crippen LogP contribution in [-0.2, 0) is 14.3 Å². The Balaban J connectivity index is 1.85. The van der Waals surface area contributed by atoms with E-state index < -0.39 is 0 Å². The van der Waals surface area contributed by atoms with Crippen LogP contribution in [0.5, 0.6) is 0 Å². The van der Waals surface area contributed by atoms with Gasteiger partial charge in [-0.2, -0.15) is 5.10 Å². The second-order valence-electron chi connectivity index (χ2n) is 5.67. The molecular weight excluding hydrogens is 284 g/mol. The largest absolute Gasteiger partial charge is 0.369 e. The molecule has 2 amide bonds. The number of ether oxygens (including phenoxy) is 1. The van der Waals surface area contributed by atoms with E-state index in [0.717, 1.165) is 12.8 Å². The number of carbonyl (C=O) groups is 2. The molecule has 1 aromatic rings. The van der Waals surface area contributed by atoms with Crippen molar-refractivity contribution in [2.75, 3.05) is 25.0 Å². The Morgan fingerprint density at radius 3 is 3.00 bits per heavy atom. The maximum Gasteiger partial charge on any atom is 0.248 e. The molecule has 1 N–H and O–H groups in total. The summed E-state index contributed by atoms with van der Waals surface area (Å²) in [5.74, 6) is 0.421. The van der Waals surface area contributed by atoms with Crippen LogP contribution in [-0.4, -0.2) is 52.3 Å². The van der Waals surface area contributed by atoms with Crippen molar-refractivity contribution >= 4 is 17.6 Å². The van der Waals surface area contributed by atoms with Crippen LogP contribution in [0.4, 0.5) is 5.82 Å². The lowest BCUT2D eigenvalue weighted by molar-refractivity contribution is -0.137. The fraction of sp³-hybridized carbons (Fsp3) is 0.667. The molecule has 1 aliphatic heterocycles. The van der Waals surface area contributed by atoms with Crippen LogP contribution in [0, 0.1) is 0 Å². The Morgan fingerprint density at radius 2 is 2.32 bits per heavy atom. The summed E-state index contributed by atoms with van der Waals surface area (Å²) in [6.07, 6.45) is 3.69. The Morgan fingerprint density at radius 1 is 1.55 bits per heavy atom. The van der Waals surface area contributed by atoms with E-state index >= 15 is 0 Å². The molecule has 0 radical (unpaired) electrons. The number of nitrogens with zero attached hydrogens (tertiary/aromatic N) is 3. The SMILES string of the molecule is CCC(C)OCC(=O)N1CCC(n2ccc(NC(C)=O)n2)C1. The van der Waals surface area contributed by atoms with E-state index in [9.17, 15) is 9.59 Å². The zero-order valence-corrected chi connectivity index (χ0v) is 13.4. The molecule has 2 unspecified atom stereocenters. The van der Waals surface area contributed by atoms with Crippen molar-refractivity contribution in [1.29, 1.82) is 0 Å². The number of anilines is 1. The molecule has 0 aliphatic carbocycles. The van der Waals surface area contributed by atoms with Crippen LogP contribution < -0.4 is 5.32 Å². The molecule has 0 bridgehead atoms. The highest BCUT2D eigenvalue weighted by molar-refractivity contribution is 5.87. The lowest BCUT2D eigenvalue weighted by atomic mass is 10.3. The highest BCUT2D eigenvalue weighted by atomic mass is 16.5. The highest BCUT2D eigenvalue weighted by Gasteiger charge is 2.28. The average molecular weight is 308 g/mol. The summed E-state index contributed by atoms with van der Waals surface area (Å²) in [5.41, 5.74) is 0. The standard InChI is InChI=1S/C15H24N4O3/c1-4-11(2)22-10-15(21)18-7-5-13(9-18)19-8-6-14(17-19)16-12(3)20/h6,8,11,13H,4-5,7,9-10H2,1-3H3,(H,16,17,20). The maximum absolute atomic E-state index is 12.1. The molecule has 0 aromatic carbocycles. The monoisotopic (exact) mass is 308 g/mol. The first-order valence-electron chi connectivity index (χ1n) is 7.71. The van der Waals surface area contributed by atoms with E-state index in [-0.39, 0.29) is 30.6 Å². The third-order valence-electron chi connectivity index (χ3n) is 3.87. The quantitative estimate of drug-likeness (QED) is 0.862. The van der Waals surface area contributed by atoms with Crippen molar-refractivity contribution in [2.24, 2.45) is 0 Å². The Kier molecular flexibility index (Phi) is 5.54. The van der Waals surface area contributed by atoms with Gasteiger partial charge in [0.2, 0.25) is 11.8 Å². The second-order valence-corrected chi connectivity index (χ2v) is 5.67. The summed E-state index contributed by atoms with van der Waals surface area (Å²) in [6.45, 7) is 6.93. The van der Waals surface area contributed by atoms with Crippen molar-refractivity contribution in [3.8, 4) is 0 Å². The minimum absolute atomic E-state index is 0.0250. The molecule has 1 aliphatic rings. The van der Waals surface area contributed by atoms with E-state index in [1.165, 1.54) is 6.92 Å². The molecule has 2 rings (SSSR count). The van der Waals surface area contributed by atoms with E-state index in [0.29, 0.717) is 18.9 Å². The Labute approximate surface area is 130 Å². The first-order chi connectivity index (χ1) is 10.5. The molecule has 1 aromatic heterocycles. The summed E-state index contributed by atoms with van der Waals surface area (Å²) in [4.78, 5) is 24.9. The summed E-state index contributed by atoms with van der Waals surface area (Å²) < 4.78 is 7.31.